The molecule has 0 spiro atoms. The molecule has 0 saturated heterocycles. The second-order valence-corrected chi connectivity index (χ2v) is 7.51. The van der Waals surface area contributed by atoms with Gasteiger partial charge in [0.2, 0.25) is 11.9 Å². The summed E-state index contributed by atoms with van der Waals surface area (Å²) in [5, 5.41) is 11.3. The van der Waals surface area contributed by atoms with E-state index in [1.807, 2.05) is 31.2 Å². The van der Waals surface area contributed by atoms with Crippen LogP contribution in [0, 0.1) is 6.92 Å². The molecule has 6 nitrogen and oxygen atoms in total. The lowest BCUT2D eigenvalue weighted by molar-refractivity contribution is -0.116. The molecule has 1 aliphatic heterocycles. The smallest absolute Gasteiger partial charge is 0.250 e. The van der Waals surface area contributed by atoms with E-state index in [2.05, 4.69) is 58.0 Å². The van der Waals surface area contributed by atoms with E-state index in [4.69, 9.17) is 11.6 Å². The van der Waals surface area contributed by atoms with Gasteiger partial charge in [0.05, 0.1) is 0 Å². The van der Waals surface area contributed by atoms with E-state index in [0.717, 1.165) is 23.2 Å². The number of rotatable bonds is 5. The number of nitrogens with zero attached hydrogens (tertiary/aromatic N) is 3. The second-order valence-electron chi connectivity index (χ2n) is 7.07. The molecule has 0 saturated carbocycles. The fraction of sp³-hybridized carbons (Fsp3) is 0.227. The highest BCUT2D eigenvalue weighted by Gasteiger charge is 2.25. The minimum absolute atomic E-state index is 0.0924. The first kappa shape index (κ1) is 19.2. The number of benzene rings is 2. The van der Waals surface area contributed by atoms with Gasteiger partial charge >= 0.3 is 0 Å². The van der Waals surface area contributed by atoms with Gasteiger partial charge in [0, 0.05) is 17.1 Å². The third kappa shape index (κ3) is 4.17. The van der Waals surface area contributed by atoms with Gasteiger partial charge in [-0.15, -0.1) is 5.10 Å². The molecule has 1 aromatic heterocycles. The predicted molar refractivity (Wildman–Crippen MR) is 116 cm³/mol. The standard InChI is InChI=1S/C22H22ClN5O/c1-3-4-20(29)25-21-26-22-24-18(15-7-5-14(2)6-8-15)13-19(28(22)27-21)16-9-11-17(23)12-10-16/h5-13,19H,3-4H2,1-2H3,(H2,24,25,26,27,29)/t19-/m0/s1. The lowest BCUT2D eigenvalue weighted by Gasteiger charge is -2.24. The van der Waals surface area contributed by atoms with Crippen molar-refractivity contribution >= 4 is 35.1 Å². The number of fused-ring (bicyclic) bond motifs is 1. The SMILES string of the molecule is CCCC(=O)Nc1nc2n(n1)[C@H](c1ccc(Cl)cc1)C=C(c1ccc(C)cc1)N2. The first-order valence-electron chi connectivity index (χ1n) is 9.61. The highest BCUT2D eigenvalue weighted by atomic mass is 35.5. The van der Waals surface area contributed by atoms with Gasteiger partial charge in [-0.25, -0.2) is 4.68 Å². The van der Waals surface area contributed by atoms with E-state index >= 15 is 0 Å². The predicted octanol–water partition coefficient (Wildman–Crippen LogP) is 5.03. The van der Waals surface area contributed by atoms with Crippen molar-refractivity contribution in [2.45, 2.75) is 32.7 Å². The molecule has 4 rings (SSSR count). The van der Waals surface area contributed by atoms with Crippen LogP contribution in [0.15, 0.2) is 54.6 Å². The Morgan fingerprint density at radius 1 is 1.17 bits per heavy atom. The number of aryl methyl sites for hydroxylation is 1. The summed E-state index contributed by atoms with van der Waals surface area (Å²) in [7, 11) is 0. The quantitative estimate of drug-likeness (QED) is 0.621. The summed E-state index contributed by atoms with van der Waals surface area (Å²) in [6.45, 7) is 4.02. The molecule has 3 aromatic rings. The third-order valence-electron chi connectivity index (χ3n) is 4.77. The molecule has 29 heavy (non-hydrogen) atoms. The topological polar surface area (TPSA) is 71.8 Å². The molecule has 0 bridgehead atoms. The Labute approximate surface area is 174 Å². The van der Waals surface area contributed by atoms with Crippen LogP contribution in [0.5, 0.6) is 0 Å². The van der Waals surface area contributed by atoms with Crippen LogP contribution in [-0.2, 0) is 4.79 Å². The van der Waals surface area contributed by atoms with Crippen molar-refractivity contribution in [1.82, 2.24) is 14.8 Å². The van der Waals surface area contributed by atoms with E-state index in [0.29, 0.717) is 23.3 Å². The van der Waals surface area contributed by atoms with Gasteiger partial charge in [0.1, 0.15) is 6.04 Å². The van der Waals surface area contributed by atoms with Gasteiger partial charge in [-0.1, -0.05) is 60.5 Å². The Balaban J connectivity index is 1.73. The lowest BCUT2D eigenvalue weighted by atomic mass is 10.0. The van der Waals surface area contributed by atoms with Crippen LogP contribution >= 0.6 is 11.6 Å². The molecule has 1 aliphatic rings. The zero-order valence-corrected chi connectivity index (χ0v) is 17.1. The number of allylic oxidation sites excluding steroid dienone is 1. The number of carbonyl (C=O) groups is 1. The average molecular weight is 408 g/mol. The van der Waals surface area contributed by atoms with Crippen LogP contribution in [0.25, 0.3) is 5.70 Å². The van der Waals surface area contributed by atoms with Gasteiger partial charge in [-0.2, -0.15) is 4.98 Å². The summed E-state index contributed by atoms with van der Waals surface area (Å²) in [6, 6.07) is 15.8. The number of amides is 1. The summed E-state index contributed by atoms with van der Waals surface area (Å²) in [4.78, 5) is 16.5. The van der Waals surface area contributed by atoms with Crippen LogP contribution in [0.3, 0.4) is 0 Å². The molecule has 7 heteroatoms. The third-order valence-corrected chi connectivity index (χ3v) is 5.02. The molecule has 0 radical (unpaired) electrons. The van der Waals surface area contributed by atoms with Gasteiger partial charge in [-0.05, 0) is 42.7 Å². The van der Waals surface area contributed by atoms with Gasteiger partial charge < -0.3 is 5.32 Å². The Hall–Kier alpha value is -3.12. The van der Waals surface area contributed by atoms with Crippen LogP contribution < -0.4 is 10.6 Å². The summed E-state index contributed by atoms with van der Waals surface area (Å²) in [5.41, 5.74) is 4.22. The molecular weight excluding hydrogens is 386 g/mol. The van der Waals surface area contributed by atoms with E-state index in [1.165, 1.54) is 5.56 Å². The molecule has 148 valence electrons. The number of hydrogen-bond acceptors (Lipinski definition) is 4. The summed E-state index contributed by atoms with van der Waals surface area (Å²) in [6.07, 6.45) is 3.31. The van der Waals surface area contributed by atoms with E-state index in [9.17, 15) is 4.79 Å². The van der Waals surface area contributed by atoms with Crippen LogP contribution in [0.1, 0.15) is 42.5 Å². The van der Waals surface area contributed by atoms with Crippen molar-refractivity contribution in [2.24, 2.45) is 0 Å². The normalized spacial score (nSPS) is 15.3. The largest absolute Gasteiger partial charge is 0.324 e. The maximum absolute atomic E-state index is 12.0. The van der Waals surface area contributed by atoms with Crippen molar-refractivity contribution in [3.05, 3.63) is 76.3 Å². The molecular formula is C22H22ClN5O. The minimum Gasteiger partial charge on any atom is -0.324 e. The first-order valence-corrected chi connectivity index (χ1v) is 9.99. The number of halogens is 1. The van der Waals surface area contributed by atoms with E-state index in [-0.39, 0.29) is 11.9 Å². The van der Waals surface area contributed by atoms with Crippen molar-refractivity contribution in [2.75, 3.05) is 10.6 Å². The number of carbonyl (C=O) groups excluding carboxylic acids is 1. The minimum atomic E-state index is -0.177. The maximum atomic E-state index is 12.0. The molecule has 0 unspecified atom stereocenters. The molecule has 1 atom stereocenters. The monoisotopic (exact) mass is 407 g/mol. The van der Waals surface area contributed by atoms with Crippen LogP contribution in [-0.4, -0.2) is 20.7 Å². The van der Waals surface area contributed by atoms with Crippen molar-refractivity contribution in [1.29, 1.82) is 0 Å². The Bertz CT molecular complexity index is 1050. The Kier molecular flexibility index (Phi) is 5.36. The number of hydrogen-bond donors (Lipinski definition) is 2. The highest BCUT2D eigenvalue weighted by molar-refractivity contribution is 6.30. The number of aromatic nitrogens is 3. The average Bonchev–Trinajstić information content (AvgIpc) is 3.11. The van der Waals surface area contributed by atoms with E-state index in [1.54, 1.807) is 4.68 Å². The van der Waals surface area contributed by atoms with Crippen molar-refractivity contribution in [3.8, 4) is 0 Å². The second kappa shape index (κ2) is 8.09. The maximum Gasteiger partial charge on any atom is 0.250 e. The zero-order valence-electron chi connectivity index (χ0n) is 16.3. The van der Waals surface area contributed by atoms with Crippen LogP contribution in [0.2, 0.25) is 5.02 Å². The molecule has 2 N–H and O–H groups in total. The van der Waals surface area contributed by atoms with Crippen LogP contribution in [0.4, 0.5) is 11.9 Å². The molecule has 1 amide bonds. The summed E-state index contributed by atoms with van der Waals surface area (Å²) < 4.78 is 1.78. The lowest BCUT2D eigenvalue weighted by Crippen LogP contribution is -2.20. The summed E-state index contributed by atoms with van der Waals surface area (Å²) >= 11 is 6.07. The Morgan fingerprint density at radius 3 is 2.59 bits per heavy atom. The molecule has 0 aliphatic carbocycles. The highest BCUT2D eigenvalue weighted by Crippen LogP contribution is 2.33. The van der Waals surface area contributed by atoms with Gasteiger partial charge in [0.25, 0.3) is 5.95 Å². The zero-order chi connectivity index (χ0) is 20.4. The van der Waals surface area contributed by atoms with Gasteiger partial charge in [-0.3, -0.25) is 10.1 Å². The van der Waals surface area contributed by atoms with Crippen molar-refractivity contribution in [3.63, 3.8) is 0 Å². The number of anilines is 2. The number of nitrogens with one attached hydrogen (secondary N) is 2. The Morgan fingerprint density at radius 2 is 1.90 bits per heavy atom. The van der Waals surface area contributed by atoms with Gasteiger partial charge in [0.15, 0.2) is 0 Å². The molecule has 0 fully saturated rings. The first-order chi connectivity index (χ1) is 14.0. The molecule has 2 aromatic carbocycles. The van der Waals surface area contributed by atoms with Crippen molar-refractivity contribution < 1.29 is 4.79 Å². The van der Waals surface area contributed by atoms with E-state index < -0.39 is 0 Å². The fourth-order valence-corrected chi connectivity index (χ4v) is 3.39. The fourth-order valence-electron chi connectivity index (χ4n) is 3.26. The molecule has 2 heterocycles. The summed E-state index contributed by atoms with van der Waals surface area (Å²) in [5.74, 6) is 0.781.